The smallest absolute Gasteiger partial charge is 0.135 e. The summed E-state index contributed by atoms with van der Waals surface area (Å²) in [7, 11) is 0. The number of benzene rings is 1. The topological polar surface area (TPSA) is 12.4 Å². The third-order valence-electron chi connectivity index (χ3n) is 2.98. The van der Waals surface area contributed by atoms with Gasteiger partial charge in [0, 0.05) is 17.8 Å². The summed E-state index contributed by atoms with van der Waals surface area (Å²) in [6, 6.07) is 3.35. The molecule has 0 atom stereocenters. The Morgan fingerprint density at radius 3 is 2.42 bits per heavy atom. The molecule has 0 fully saturated rings. The Morgan fingerprint density at radius 1 is 1.26 bits per heavy atom. The van der Waals surface area contributed by atoms with Gasteiger partial charge in [-0.05, 0) is 30.5 Å². The summed E-state index contributed by atoms with van der Waals surface area (Å²) >= 11 is 0. The van der Waals surface area contributed by atoms with Gasteiger partial charge in [0.25, 0.3) is 0 Å². The second-order valence-electron chi connectivity index (χ2n) is 5.45. The number of hydrogen-bond donors (Lipinski definition) is 0. The number of hydrogen-bond acceptors (Lipinski definition) is 1. The lowest BCUT2D eigenvalue weighted by atomic mass is 9.88. The lowest BCUT2D eigenvalue weighted by molar-refractivity contribution is 0.505. The van der Waals surface area contributed by atoms with Gasteiger partial charge >= 0.3 is 0 Å². The van der Waals surface area contributed by atoms with Gasteiger partial charge in [-0.2, -0.15) is 0 Å². The van der Waals surface area contributed by atoms with Gasteiger partial charge in [0.15, 0.2) is 0 Å². The van der Waals surface area contributed by atoms with Crippen LogP contribution < -0.4 is 0 Å². The number of aliphatic imine (C=N–C) groups is 1. The van der Waals surface area contributed by atoms with E-state index in [4.69, 9.17) is 0 Å². The molecule has 0 amide bonds. The van der Waals surface area contributed by atoms with E-state index in [1.807, 2.05) is 13.0 Å². The minimum Gasteiger partial charge on any atom is -0.257 e. The molecule has 19 heavy (non-hydrogen) atoms. The van der Waals surface area contributed by atoms with Crippen LogP contribution in [0.15, 0.2) is 41.4 Å². The average Bonchev–Trinajstić information content (AvgIpc) is 2.27. The van der Waals surface area contributed by atoms with Crippen LogP contribution in [0, 0.1) is 17.0 Å². The first-order chi connectivity index (χ1) is 8.71. The summed E-state index contributed by atoms with van der Waals surface area (Å²) in [6.07, 6.45) is 3.46. The fourth-order valence-corrected chi connectivity index (χ4v) is 1.28. The second-order valence-corrected chi connectivity index (χ2v) is 5.45. The van der Waals surface area contributed by atoms with Gasteiger partial charge < -0.3 is 0 Å². The number of rotatable bonds is 3. The van der Waals surface area contributed by atoms with Crippen molar-refractivity contribution < 1.29 is 8.78 Å². The molecule has 0 spiro atoms. The Bertz CT molecular complexity index is 534. The molecule has 3 heteroatoms. The fraction of sp³-hybridized carbons (Fsp3) is 0.312. The van der Waals surface area contributed by atoms with Gasteiger partial charge in [0.1, 0.15) is 11.6 Å². The summed E-state index contributed by atoms with van der Waals surface area (Å²) < 4.78 is 26.3. The molecule has 0 saturated heterocycles. The maximum Gasteiger partial charge on any atom is 0.135 e. The molecular weight excluding hydrogens is 244 g/mol. The van der Waals surface area contributed by atoms with Gasteiger partial charge in [-0.15, -0.1) is 0 Å². The summed E-state index contributed by atoms with van der Waals surface area (Å²) in [5.41, 5.74) is 1.70. The number of halogens is 2. The predicted molar refractivity (Wildman–Crippen MR) is 77.1 cm³/mol. The second kappa shape index (κ2) is 5.91. The van der Waals surface area contributed by atoms with E-state index in [2.05, 4.69) is 32.3 Å². The molecular formula is C16H19F2N. The molecule has 0 aliphatic carbocycles. The highest BCUT2D eigenvalue weighted by Crippen LogP contribution is 2.24. The van der Waals surface area contributed by atoms with E-state index >= 15 is 0 Å². The molecule has 0 N–H and O–H groups in total. The third-order valence-corrected chi connectivity index (χ3v) is 2.98. The van der Waals surface area contributed by atoms with E-state index in [0.717, 1.165) is 11.6 Å². The number of nitrogens with zero attached hydrogens (tertiary/aromatic N) is 1. The van der Waals surface area contributed by atoms with Crippen LogP contribution in [-0.2, 0) is 0 Å². The van der Waals surface area contributed by atoms with E-state index in [9.17, 15) is 8.78 Å². The zero-order chi connectivity index (χ0) is 14.6. The zero-order valence-corrected chi connectivity index (χ0v) is 11.8. The van der Waals surface area contributed by atoms with Crippen LogP contribution in [-0.4, -0.2) is 6.21 Å². The molecule has 102 valence electrons. The van der Waals surface area contributed by atoms with Crippen molar-refractivity contribution in [2.45, 2.75) is 27.7 Å². The molecule has 1 nitrogen and oxygen atoms in total. The third kappa shape index (κ3) is 4.43. The first kappa shape index (κ1) is 15.3. The van der Waals surface area contributed by atoms with Crippen molar-refractivity contribution >= 4 is 11.9 Å². The van der Waals surface area contributed by atoms with Gasteiger partial charge in [0.2, 0.25) is 0 Å². The van der Waals surface area contributed by atoms with Gasteiger partial charge in [0.05, 0.1) is 5.70 Å². The minimum absolute atomic E-state index is 0.0640. The largest absolute Gasteiger partial charge is 0.257 e. The quantitative estimate of drug-likeness (QED) is 0.680. The standard InChI is InChI=1S/C16H19F2N/c1-11(16(3,4)5)8-9-19-12(2)14-7-6-13(17)10-15(14)18/h6-10H,2H2,1,3-5H3/b11-8+,19-9?. The highest BCUT2D eigenvalue weighted by molar-refractivity contribution is 5.80. The molecule has 1 rings (SSSR count). The molecule has 0 saturated carbocycles. The molecule has 0 aliphatic heterocycles. The first-order valence-corrected chi connectivity index (χ1v) is 6.07. The SMILES string of the molecule is C=C(N=C/C=C(\C)C(C)(C)C)c1ccc(F)cc1F. The van der Waals surface area contributed by atoms with Crippen molar-refractivity contribution in [3.05, 3.63) is 53.6 Å². The van der Waals surface area contributed by atoms with Gasteiger partial charge in [-0.25, -0.2) is 8.78 Å². The maximum absolute atomic E-state index is 13.5. The number of allylic oxidation sites excluding steroid dienone is 2. The summed E-state index contributed by atoms with van der Waals surface area (Å²) in [4.78, 5) is 4.08. The Hall–Kier alpha value is -1.77. The average molecular weight is 263 g/mol. The normalized spacial score (nSPS) is 13.1. The van der Waals surface area contributed by atoms with Gasteiger partial charge in [-0.1, -0.05) is 32.9 Å². The molecule has 0 radical (unpaired) electrons. The van der Waals surface area contributed by atoms with Crippen molar-refractivity contribution in [1.29, 1.82) is 0 Å². The molecule has 0 aliphatic rings. The summed E-state index contributed by atoms with van der Waals surface area (Å²) in [5.74, 6) is -1.26. The van der Waals surface area contributed by atoms with Gasteiger partial charge in [-0.3, -0.25) is 4.99 Å². The van der Waals surface area contributed by atoms with Crippen LogP contribution in [0.1, 0.15) is 33.3 Å². The lowest BCUT2D eigenvalue weighted by Crippen LogP contribution is -2.06. The van der Waals surface area contributed by atoms with Crippen molar-refractivity contribution in [3.8, 4) is 0 Å². The molecule has 1 aromatic rings. The molecule has 0 heterocycles. The lowest BCUT2D eigenvalue weighted by Gasteiger charge is -2.18. The summed E-state index contributed by atoms with van der Waals surface area (Å²) in [5, 5.41) is 0. The molecule has 0 bridgehead atoms. The highest BCUT2D eigenvalue weighted by atomic mass is 19.1. The predicted octanol–water partition coefficient (Wildman–Crippen LogP) is 5.00. The fourth-order valence-electron chi connectivity index (χ4n) is 1.28. The minimum atomic E-state index is -0.654. The van der Waals surface area contributed by atoms with E-state index in [1.165, 1.54) is 12.1 Å². The zero-order valence-electron chi connectivity index (χ0n) is 11.8. The van der Waals surface area contributed by atoms with Crippen LogP contribution in [0.25, 0.3) is 5.70 Å². The Morgan fingerprint density at radius 2 is 1.89 bits per heavy atom. The maximum atomic E-state index is 13.5. The van der Waals surface area contributed by atoms with E-state index in [0.29, 0.717) is 0 Å². The van der Waals surface area contributed by atoms with E-state index < -0.39 is 11.6 Å². The Balaban J connectivity index is 2.86. The van der Waals surface area contributed by atoms with Crippen molar-refractivity contribution in [3.63, 3.8) is 0 Å². The summed E-state index contributed by atoms with van der Waals surface area (Å²) in [6.45, 7) is 12.0. The highest BCUT2D eigenvalue weighted by Gasteiger charge is 2.11. The van der Waals surface area contributed by atoms with Crippen LogP contribution >= 0.6 is 0 Å². The Kier molecular flexibility index (Phi) is 4.76. The Labute approximate surface area is 113 Å². The van der Waals surface area contributed by atoms with Crippen LogP contribution in [0.2, 0.25) is 0 Å². The monoisotopic (exact) mass is 263 g/mol. The van der Waals surface area contributed by atoms with Crippen LogP contribution in [0.3, 0.4) is 0 Å². The molecule has 1 aromatic carbocycles. The van der Waals surface area contributed by atoms with Crippen LogP contribution in [0.4, 0.5) is 8.78 Å². The van der Waals surface area contributed by atoms with E-state index in [1.54, 1.807) is 6.21 Å². The first-order valence-electron chi connectivity index (χ1n) is 6.07. The van der Waals surface area contributed by atoms with Crippen molar-refractivity contribution in [2.75, 3.05) is 0 Å². The molecule has 0 unspecified atom stereocenters. The van der Waals surface area contributed by atoms with Crippen LogP contribution in [0.5, 0.6) is 0 Å². The van der Waals surface area contributed by atoms with Crippen molar-refractivity contribution in [2.24, 2.45) is 10.4 Å². The molecule has 0 aromatic heterocycles. The van der Waals surface area contributed by atoms with Crippen molar-refractivity contribution in [1.82, 2.24) is 0 Å². The van der Waals surface area contributed by atoms with E-state index in [-0.39, 0.29) is 16.7 Å².